The third kappa shape index (κ3) is 3.90. The molecule has 0 unspecified atom stereocenters. The van der Waals surface area contributed by atoms with E-state index in [4.69, 9.17) is 9.47 Å². The number of rotatable bonds is 5. The Balaban J connectivity index is 2.21. The number of esters is 1. The first-order chi connectivity index (χ1) is 13.0. The first-order valence-corrected chi connectivity index (χ1v) is 9.02. The van der Waals surface area contributed by atoms with Crippen LogP contribution in [0.4, 0.5) is 4.39 Å². The molecule has 0 spiro atoms. The number of carbonyl (C=O) groups excluding carboxylic acids is 2. The third-order valence-corrected chi connectivity index (χ3v) is 4.82. The maximum atomic E-state index is 13.9. The molecule has 1 aromatic heterocycles. The van der Waals surface area contributed by atoms with Crippen molar-refractivity contribution in [1.82, 2.24) is 4.57 Å². The third-order valence-electron chi connectivity index (χ3n) is 3.78. The molecule has 1 amide bonds. The summed E-state index contributed by atoms with van der Waals surface area (Å²) in [6, 6.07) is 11.0. The van der Waals surface area contributed by atoms with Crippen molar-refractivity contribution in [2.45, 2.75) is 13.5 Å². The van der Waals surface area contributed by atoms with Crippen molar-refractivity contribution in [2.75, 3.05) is 13.7 Å². The quantitative estimate of drug-likeness (QED) is 0.630. The molecule has 0 aliphatic heterocycles. The fourth-order valence-corrected chi connectivity index (χ4v) is 3.62. The van der Waals surface area contributed by atoms with Gasteiger partial charge in [0.25, 0.3) is 5.91 Å². The van der Waals surface area contributed by atoms with E-state index in [1.807, 2.05) is 19.1 Å². The number of fused-ring (bicyclic) bond motifs is 1. The number of hydrogen-bond acceptors (Lipinski definition) is 5. The van der Waals surface area contributed by atoms with Gasteiger partial charge in [-0.15, -0.1) is 0 Å². The number of halogens is 1. The van der Waals surface area contributed by atoms with Gasteiger partial charge in [0, 0.05) is 0 Å². The van der Waals surface area contributed by atoms with Crippen molar-refractivity contribution in [2.24, 2.45) is 4.99 Å². The van der Waals surface area contributed by atoms with Crippen molar-refractivity contribution in [3.63, 3.8) is 0 Å². The summed E-state index contributed by atoms with van der Waals surface area (Å²) < 4.78 is 26.6. The minimum absolute atomic E-state index is 0.135. The second-order valence-electron chi connectivity index (χ2n) is 5.48. The molecule has 0 N–H and O–H groups in total. The number of hydrogen-bond donors (Lipinski definition) is 0. The molecule has 1 heterocycles. The highest BCUT2D eigenvalue weighted by Gasteiger charge is 2.17. The lowest BCUT2D eigenvalue weighted by Crippen LogP contribution is -2.23. The van der Waals surface area contributed by atoms with Crippen molar-refractivity contribution < 1.29 is 23.5 Å². The molecule has 0 bridgehead atoms. The van der Waals surface area contributed by atoms with Gasteiger partial charge in [-0.3, -0.25) is 9.59 Å². The van der Waals surface area contributed by atoms with Crippen LogP contribution in [0.2, 0.25) is 0 Å². The molecular weight excluding hydrogens is 371 g/mol. The Morgan fingerprint density at radius 1 is 1.19 bits per heavy atom. The zero-order valence-corrected chi connectivity index (χ0v) is 15.6. The van der Waals surface area contributed by atoms with Crippen LogP contribution in [0.5, 0.6) is 5.75 Å². The molecule has 8 heteroatoms. The molecule has 0 saturated heterocycles. The van der Waals surface area contributed by atoms with Crippen LogP contribution in [-0.2, 0) is 16.1 Å². The molecule has 0 radical (unpaired) electrons. The number of methoxy groups -OCH3 is 1. The summed E-state index contributed by atoms with van der Waals surface area (Å²) >= 11 is 1.21. The number of thiazole rings is 1. The van der Waals surface area contributed by atoms with Gasteiger partial charge in [-0.25, -0.2) is 4.39 Å². The Morgan fingerprint density at radius 3 is 2.67 bits per heavy atom. The molecule has 0 fully saturated rings. The van der Waals surface area contributed by atoms with Gasteiger partial charge < -0.3 is 14.0 Å². The van der Waals surface area contributed by atoms with E-state index < -0.39 is 17.7 Å². The van der Waals surface area contributed by atoms with E-state index >= 15 is 0 Å². The molecule has 3 rings (SSSR count). The van der Waals surface area contributed by atoms with Gasteiger partial charge in [-0.05, 0) is 31.2 Å². The Hall–Kier alpha value is -3.00. The summed E-state index contributed by atoms with van der Waals surface area (Å²) in [6.07, 6.45) is 0. The van der Waals surface area contributed by atoms with Gasteiger partial charge >= 0.3 is 5.97 Å². The fraction of sp³-hybridized carbons (Fsp3) is 0.211. The summed E-state index contributed by atoms with van der Waals surface area (Å²) in [5.74, 6) is -1.31. The second-order valence-corrected chi connectivity index (χ2v) is 6.49. The second kappa shape index (κ2) is 8.13. The van der Waals surface area contributed by atoms with Gasteiger partial charge in [0.1, 0.15) is 23.6 Å². The number of benzene rings is 2. The smallest absolute Gasteiger partial charge is 0.325 e. The van der Waals surface area contributed by atoms with E-state index in [0.29, 0.717) is 17.9 Å². The molecule has 0 atom stereocenters. The highest BCUT2D eigenvalue weighted by Crippen LogP contribution is 2.27. The standard InChI is InChI=1S/C19H17FN2O4S/c1-3-26-14-9-6-10-15-17(14)22(11-16(23)25-2)19(27-15)21-18(24)12-7-4-5-8-13(12)20/h4-10H,3,11H2,1-2H3. The minimum atomic E-state index is -0.726. The Morgan fingerprint density at radius 2 is 1.96 bits per heavy atom. The average Bonchev–Trinajstić information content (AvgIpc) is 3.00. The zero-order chi connectivity index (χ0) is 19.4. The lowest BCUT2D eigenvalue weighted by molar-refractivity contribution is -0.141. The van der Waals surface area contributed by atoms with Crippen molar-refractivity contribution >= 4 is 33.4 Å². The summed E-state index contributed by atoms with van der Waals surface area (Å²) in [7, 11) is 1.28. The van der Waals surface area contributed by atoms with E-state index in [1.54, 1.807) is 16.7 Å². The van der Waals surface area contributed by atoms with Gasteiger partial charge in [0.2, 0.25) is 0 Å². The van der Waals surface area contributed by atoms with Gasteiger partial charge in [-0.2, -0.15) is 4.99 Å². The fourth-order valence-electron chi connectivity index (χ4n) is 2.58. The zero-order valence-electron chi connectivity index (χ0n) is 14.8. The van der Waals surface area contributed by atoms with Crippen molar-refractivity contribution in [3.8, 4) is 5.75 Å². The molecule has 140 valence electrons. The van der Waals surface area contributed by atoms with E-state index in [1.165, 1.54) is 36.6 Å². The van der Waals surface area contributed by atoms with E-state index in [0.717, 1.165) is 4.70 Å². The van der Waals surface area contributed by atoms with Gasteiger partial charge in [-0.1, -0.05) is 29.5 Å². The first-order valence-electron chi connectivity index (χ1n) is 8.20. The highest BCUT2D eigenvalue weighted by atomic mass is 32.1. The first kappa shape index (κ1) is 18.8. The van der Waals surface area contributed by atoms with Crippen LogP contribution in [-0.4, -0.2) is 30.2 Å². The van der Waals surface area contributed by atoms with Crippen LogP contribution in [0.1, 0.15) is 17.3 Å². The number of para-hydroxylation sites is 1. The SMILES string of the molecule is CCOc1cccc2sc(=NC(=O)c3ccccc3F)n(CC(=O)OC)c12. The largest absolute Gasteiger partial charge is 0.492 e. The summed E-state index contributed by atoms with van der Waals surface area (Å²) in [5, 5.41) is 0. The topological polar surface area (TPSA) is 69.9 Å². The number of nitrogens with zero attached hydrogens (tertiary/aromatic N) is 2. The van der Waals surface area contributed by atoms with Crippen LogP contribution < -0.4 is 9.54 Å². The minimum Gasteiger partial charge on any atom is -0.492 e. The lowest BCUT2D eigenvalue weighted by Gasteiger charge is -2.08. The van der Waals surface area contributed by atoms with Gasteiger partial charge in [0.05, 0.1) is 24.0 Å². The predicted molar refractivity (Wildman–Crippen MR) is 99.3 cm³/mol. The lowest BCUT2D eigenvalue weighted by atomic mass is 10.2. The molecule has 6 nitrogen and oxygen atoms in total. The number of ether oxygens (including phenoxy) is 2. The molecule has 27 heavy (non-hydrogen) atoms. The molecule has 0 aliphatic rings. The Kier molecular flexibility index (Phi) is 5.66. The van der Waals surface area contributed by atoms with E-state index in [2.05, 4.69) is 4.99 Å². The molecular formula is C19H17FN2O4S. The molecule has 3 aromatic rings. The van der Waals surface area contributed by atoms with Crippen LogP contribution in [0.3, 0.4) is 0 Å². The van der Waals surface area contributed by atoms with E-state index in [-0.39, 0.29) is 16.9 Å². The van der Waals surface area contributed by atoms with Crippen LogP contribution >= 0.6 is 11.3 Å². The number of carbonyl (C=O) groups is 2. The van der Waals surface area contributed by atoms with Crippen LogP contribution in [0.25, 0.3) is 10.2 Å². The molecule has 2 aromatic carbocycles. The van der Waals surface area contributed by atoms with Gasteiger partial charge in [0.15, 0.2) is 4.80 Å². The van der Waals surface area contributed by atoms with Crippen LogP contribution in [0, 0.1) is 5.82 Å². The maximum Gasteiger partial charge on any atom is 0.325 e. The Labute approximate surface area is 158 Å². The predicted octanol–water partition coefficient (Wildman–Crippen LogP) is 3.15. The van der Waals surface area contributed by atoms with Crippen molar-refractivity contribution in [1.29, 1.82) is 0 Å². The maximum absolute atomic E-state index is 13.9. The van der Waals surface area contributed by atoms with Crippen molar-refractivity contribution in [3.05, 3.63) is 58.6 Å². The monoisotopic (exact) mass is 388 g/mol. The summed E-state index contributed by atoms with van der Waals surface area (Å²) in [4.78, 5) is 28.7. The molecule has 0 saturated carbocycles. The highest BCUT2D eigenvalue weighted by molar-refractivity contribution is 7.16. The summed E-state index contributed by atoms with van der Waals surface area (Å²) in [6.45, 7) is 2.14. The number of aromatic nitrogens is 1. The number of amides is 1. The summed E-state index contributed by atoms with van der Waals surface area (Å²) in [5.41, 5.74) is 0.499. The van der Waals surface area contributed by atoms with E-state index in [9.17, 15) is 14.0 Å². The average molecular weight is 388 g/mol. The molecule has 0 aliphatic carbocycles. The normalized spacial score (nSPS) is 11.6. The Bertz CT molecular complexity index is 1070. The van der Waals surface area contributed by atoms with Crippen LogP contribution in [0.15, 0.2) is 47.5 Å².